The van der Waals surface area contributed by atoms with Gasteiger partial charge in [0.1, 0.15) is 13.1 Å². The summed E-state index contributed by atoms with van der Waals surface area (Å²) >= 11 is 0. The van der Waals surface area contributed by atoms with E-state index < -0.39 is 0 Å². The highest BCUT2D eigenvalue weighted by molar-refractivity contribution is 6.37. The average Bonchev–Trinajstić information content (AvgIpc) is 3.65. The van der Waals surface area contributed by atoms with Crippen LogP contribution < -0.4 is 0 Å². The zero-order chi connectivity index (χ0) is 41.8. The lowest BCUT2D eigenvalue weighted by atomic mass is 9.60. The molecule has 0 bridgehead atoms. The number of ketones is 1. The van der Waals surface area contributed by atoms with E-state index in [0.29, 0.717) is 37.2 Å². The topological polar surface area (TPSA) is 66.9 Å². The first-order valence-corrected chi connectivity index (χ1v) is 24.1. The van der Waals surface area contributed by atoms with Crippen LogP contribution in [0.25, 0.3) is 0 Å². The smallest absolute Gasteiger partial charge is 0.293 e. The van der Waals surface area contributed by atoms with Crippen molar-refractivity contribution in [2.24, 2.45) is 5.92 Å². The monoisotopic (exact) mass is 778 g/mol. The number of amides is 1. The molecule has 1 radical (unpaired) electrons. The van der Waals surface area contributed by atoms with Gasteiger partial charge >= 0.3 is 0 Å². The van der Waals surface area contributed by atoms with Crippen molar-refractivity contribution in [2.75, 3.05) is 33.3 Å². The van der Waals surface area contributed by atoms with Crippen molar-refractivity contribution in [1.29, 1.82) is 0 Å². The highest BCUT2D eigenvalue weighted by Gasteiger charge is 2.22. The molecule has 0 aromatic rings. The molecule has 1 unspecified atom stereocenters. The molecular weight excluding hydrogens is 679 g/mol. The zero-order valence-corrected chi connectivity index (χ0v) is 39.0. The van der Waals surface area contributed by atoms with E-state index in [-0.39, 0.29) is 0 Å². The Labute approximate surface area is 346 Å². The maximum atomic E-state index is 12.8. The van der Waals surface area contributed by atoms with Crippen LogP contribution in [0.4, 0.5) is 0 Å². The van der Waals surface area contributed by atoms with Crippen molar-refractivity contribution in [3.63, 3.8) is 0 Å². The van der Waals surface area contributed by atoms with E-state index in [1.54, 1.807) is 6.92 Å². The van der Waals surface area contributed by atoms with Gasteiger partial charge in [0.15, 0.2) is 0 Å². The Morgan fingerprint density at radius 3 is 1.76 bits per heavy atom. The maximum absolute atomic E-state index is 12.8. The average molecular weight is 778 g/mol. The van der Waals surface area contributed by atoms with E-state index in [9.17, 15) is 14.4 Å². The normalized spacial score (nSPS) is 13.6. The molecule has 0 aromatic heterocycles. The molecule has 1 aliphatic rings. The number of likely N-dealkylation sites (tertiary alicyclic amines) is 1. The molecule has 0 N–H and O–H groups in total. The minimum absolute atomic E-state index is 0.325. The van der Waals surface area contributed by atoms with Crippen molar-refractivity contribution in [1.82, 2.24) is 9.80 Å². The molecule has 1 fully saturated rings. The Hall–Kier alpha value is -1.37. The van der Waals surface area contributed by atoms with Gasteiger partial charge in [-0.1, -0.05) is 183 Å². The van der Waals surface area contributed by atoms with Gasteiger partial charge in [-0.25, -0.2) is 0 Å². The summed E-state index contributed by atoms with van der Waals surface area (Å²) in [5.41, 5.74) is 0. The molecule has 1 rings (SSSR count). The summed E-state index contributed by atoms with van der Waals surface area (Å²) in [6, 6.07) is 0.422. The predicted octanol–water partition coefficient (Wildman–Crippen LogP) is 14.1. The van der Waals surface area contributed by atoms with Crippen molar-refractivity contribution in [3.05, 3.63) is 0 Å². The van der Waals surface area contributed by atoms with Crippen LogP contribution in [0.5, 0.6) is 0 Å². The lowest BCUT2D eigenvalue weighted by Gasteiger charge is -2.29. The van der Waals surface area contributed by atoms with Crippen LogP contribution in [-0.4, -0.2) is 74.6 Å². The molecule has 6 nitrogen and oxygen atoms in total. The number of unbranched alkanes of at least 4 members (excludes halogenated alkanes) is 16. The second-order valence-corrected chi connectivity index (χ2v) is 16.2. The Morgan fingerprint density at radius 2 is 1.22 bits per heavy atom. The van der Waals surface area contributed by atoms with Crippen LogP contribution in [-0.2, 0) is 19.1 Å². The van der Waals surface area contributed by atoms with Crippen LogP contribution in [0.1, 0.15) is 236 Å². The summed E-state index contributed by atoms with van der Waals surface area (Å²) in [6.07, 6.45) is 33.7. The third kappa shape index (κ3) is 42.1. The molecule has 0 saturated carbocycles. The van der Waals surface area contributed by atoms with Crippen LogP contribution in [0.3, 0.4) is 0 Å². The van der Waals surface area contributed by atoms with E-state index >= 15 is 0 Å². The fourth-order valence-corrected chi connectivity index (χ4v) is 7.30. The maximum Gasteiger partial charge on any atom is 0.293 e. The Morgan fingerprint density at radius 1 is 0.709 bits per heavy atom. The van der Waals surface area contributed by atoms with Crippen LogP contribution in [0.2, 0.25) is 12.1 Å². The largest absolute Gasteiger partial charge is 0.468 e. The van der Waals surface area contributed by atoms with Crippen molar-refractivity contribution in [3.8, 4) is 0 Å². The van der Waals surface area contributed by atoms with Gasteiger partial charge in [0.2, 0.25) is 5.91 Å². The molecule has 327 valence electrons. The van der Waals surface area contributed by atoms with Gasteiger partial charge in [-0.2, -0.15) is 0 Å². The molecule has 1 saturated heterocycles. The summed E-state index contributed by atoms with van der Waals surface area (Å²) in [5, 5.41) is 0. The van der Waals surface area contributed by atoms with Gasteiger partial charge < -0.3 is 19.3 Å². The number of ether oxygens (including phenoxy) is 1. The van der Waals surface area contributed by atoms with Crippen LogP contribution in [0.15, 0.2) is 0 Å². The Bertz CT molecular complexity index is 780. The molecule has 1 atom stereocenters. The molecule has 1 aliphatic heterocycles. The summed E-state index contributed by atoms with van der Waals surface area (Å²) in [5.74, 6) is 2.34. The van der Waals surface area contributed by atoms with E-state index in [1.165, 1.54) is 148 Å². The lowest BCUT2D eigenvalue weighted by Crippen LogP contribution is -2.37. The molecule has 7 heteroatoms. The number of Topliss-reactive ketones (excluding diaryl/α,β-unsaturated/α-hetero) is 1. The SMILES string of the molecule is CC.CC.CC(=O)CCCCCN1CCC([B]CCCC(C)C)C1.CCCCCCCCC(CCCCCCCC)N(C)C(=O)CCCCCCCOC=O. The summed E-state index contributed by atoms with van der Waals surface area (Å²) < 4.78 is 4.71. The van der Waals surface area contributed by atoms with Crippen molar-refractivity contribution < 1.29 is 19.1 Å². The second kappa shape index (κ2) is 47.0. The lowest BCUT2D eigenvalue weighted by molar-refractivity contribution is -0.132. The van der Waals surface area contributed by atoms with Gasteiger partial charge in [-0.3, -0.25) is 9.59 Å². The van der Waals surface area contributed by atoms with Gasteiger partial charge in [-0.05, 0) is 77.4 Å². The van der Waals surface area contributed by atoms with Gasteiger partial charge in [-0.15, -0.1) is 0 Å². The second-order valence-electron chi connectivity index (χ2n) is 16.2. The first-order valence-electron chi connectivity index (χ1n) is 24.1. The van der Waals surface area contributed by atoms with Crippen molar-refractivity contribution >= 4 is 25.4 Å². The molecule has 55 heavy (non-hydrogen) atoms. The van der Waals surface area contributed by atoms with E-state index in [0.717, 1.165) is 56.7 Å². The molecule has 1 heterocycles. The first-order chi connectivity index (χ1) is 26.7. The highest BCUT2D eigenvalue weighted by atomic mass is 16.5. The van der Waals surface area contributed by atoms with E-state index in [4.69, 9.17) is 4.74 Å². The van der Waals surface area contributed by atoms with Crippen molar-refractivity contribution in [2.45, 2.75) is 254 Å². The summed E-state index contributed by atoms with van der Waals surface area (Å²) in [7, 11) is 4.61. The molecule has 1 amide bonds. The number of carbonyl (C=O) groups is 3. The Balaban J connectivity index is -0.000000967. The van der Waals surface area contributed by atoms with Gasteiger partial charge in [0, 0.05) is 25.9 Å². The number of hydrogen-bond donors (Lipinski definition) is 0. The number of carbonyl (C=O) groups excluding carboxylic acids is 3. The highest BCUT2D eigenvalue weighted by Crippen LogP contribution is 2.24. The third-order valence-electron chi connectivity index (χ3n) is 10.7. The predicted molar refractivity (Wildman–Crippen MR) is 244 cm³/mol. The number of hydrogen-bond acceptors (Lipinski definition) is 5. The zero-order valence-electron chi connectivity index (χ0n) is 39.0. The summed E-state index contributed by atoms with van der Waals surface area (Å²) in [4.78, 5) is 38.4. The number of nitrogens with zero attached hydrogens (tertiary/aromatic N) is 2. The van der Waals surface area contributed by atoms with Gasteiger partial charge in [0.05, 0.1) is 6.61 Å². The summed E-state index contributed by atoms with van der Waals surface area (Å²) in [6.45, 7) is 23.7. The Kier molecular flexibility index (Phi) is 49.5. The minimum Gasteiger partial charge on any atom is -0.468 e. The minimum atomic E-state index is 0.325. The molecule has 0 aliphatic carbocycles. The quantitative estimate of drug-likeness (QED) is 0.0364. The third-order valence-corrected chi connectivity index (χ3v) is 10.7. The fraction of sp³-hybridized carbons (Fsp3) is 0.938. The van der Waals surface area contributed by atoms with Gasteiger partial charge in [0.25, 0.3) is 6.47 Å². The van der Waals surface area contributed by atoms with E-state index in [1.807, 2.05) is 34.7 Å². The fourth-order valence-electron chi connectivity index (χ4n) is 7.30. The van der Waals surface area contributed by atoms with Crippen LogP contribution >= 0.6 is 0 Å². The molecular formula is C48H98BN2O4. The first kappa shape index (κ1) is 58.0. The molecule has 0 spiro atoms. The number of rotatable bonds is 35. The standard InChI is InChI=1S/C27H53NO3.C17H33BNO.2C2H6/c1-4-6-8-10-13-17-21-26(22-18-14-11-9-7-5-2)28(3)27(30)23-19-15-12-16-20-24-31-25-29;1-15(2)8-7-11-18-17-10-13-19(14-17)12-6-4-5-9-16(3)20;2*1-2/h25-26H,4-24H2,1-3H3;15,17H,4-14H2,1-3H3;2*1-2H3. The molecule has 0 aromatic carbocycles. The van der Waals surface area contributed by atoms with Crippen LogP contribution in [0, 0.1) is 5.92 Å². The van der Waals surface area contributed by atoms with E-state index in [2.05, 4.69) is 44.8 Å².